The van der Waals surface area contributed by atoms with Crippen LogP contribution in [0.3, 0.4) is 0 Å². The second kappa shape index (κ2) is 5.23. The van der Waals surface area contributed by atoms with Gasteiger partial charge in [-0.2, -0.15) is 0 Å². The molecule has 7 heteroatoms. The van der Waals surface area contributed by atoms with E-state index in [0.29, 0.717) is 5.69 Å². The Morgan fingerprint density at radius 2 is 2.32 bits per heavy atom. The number of benzene rings is 1. The van der Waals surface area contributed by atoms with Crippen LogP contribution in [0, 0.1) is 10.1 Å². The van der Waals surface area contributed by atoms with Crippen LogP contribution < -0.4 is 16.0 Å². The summed E-state index contributed by atoms with van der Waals surface area (Å²) in [6.07, 6.45) is 0.936. The van der Waals surface area contributed by atoms with Crippen molar-refractivity contribution in [2.45, 2.75) is 12.5 Å². The van der Waals surface area contributed by atoms with E-state index in [0.717, 1.165) is 19.5 Å². The number of hydrogen-bond donors (Lipinski definition) is 2. The van der Waals surface area contributed by atoms with Crippen molar-refractivity contribution in [3.05, 3.63) is 33.9 Å². The summed E-state index contributed by atoms with van der Waals surface area (Å²) in [4.78, 5) is 23.6. The maximum Gasteiger partial charge on any atom is 0.293 e. The van der Waals surface area contributed by atoms with E-state index in [-0.39, 0.29) is 17.3 Å². The monoisotopic (exact) mass is 264 g/mol. The van der Waals surface area contributed by atoms with Crippen LogP contribution in [0.1, 0.15) is 16.8 Å². The van der Waals surface area contributed by atoms with Gasteiger partial charge >= 0.3 is 0 Å². The number of rotatable bonds is 4. The lowest BCUT2D eigenvalue weighted by Gasteiger charge is -2.25. The third-order valence-electron chi connectivity index (χ3n) is 3.42. The predicted molar refractivity (Wildman–Crippen MR) is 71.3 cm³/mol. The van der Waals surface area contributed by atoms with Crippen LogP contribution in [-0.2, 0) is 0 Å². The molecule has 0 aromatic heterocycles. The number of carbonyl (C=O) groups excluding carboxylic acids is 1. The van der Waals surface area contributed by atoms with Gasteiger partial charge in [0.05, 0.1) is 4.92 Å². The van der Waals surface area contributed by atoms with Crippen LogP contribution >= 0.6 is 0 Å². The van der Waals surface area contributed by atoms with Gasteiger partial charge in [-0.05, 0) is 25.1 Å². The highest BCUT2D eigenvalue weighted by Crippen LogP contribution is 2.30. The van der Waals surface area contributed by atoms with Gasteiger partial charge in [0.15, 0.2) is 0 Å². The first kappa shape index (κ1) is 13.3. The van der Waals surface area contributed by atoms with E-state index in [1.165, 1.54) is 12.1 Å². The largest absolute Gasteiger partial charge is 0.366 e. The lowest BCUT2D eigenvalue weighted by Crippen LogP contribution is -2.33. The van der Waals surface area contributed by atoms with Gasteiger partial charge < -0.3 is 16.0 Å². The fourth-order valence-electron chi connectivity index (χ4n) is 2.29. The molecular weight excluding hydrogens is 248 g/mol. The minimum Gasteiger partial charge on any atom is -0.366 e. The van der Waals surface area contributed by atoms with Gasteiger partial charge in [-0.3, -0.25) is 14.9 Å². The molecule has 0 radical (unpaired) electrons. The highest BCUT2D eigenvalue weighted by atomic mass is 16.6. The van der Waals surface area contributed by atoms with Crippen molar-refractivity contribution in [1.82, 2.24) is 5.32 Å². The van der Waals surface area contributed by atoms with E-state index in [4.69, 9.17) is 5.73 Å². The fraction of sp³-hybridized carbons (Fsp3) is 0.417. The highest BCUT2D eigenvalue weighted by Gasteiger charge is 2.25. The molecule has 1 saturated heterocycles. The Kier molecular flexibility index (Phi) is 3.66. The van der Waals surface area contributed by atoms with E-state index in [9.17, 15) is 14.9 Å². The van der Waals surface area contributed by atoms with Crippen LogP contribution in [0.25, 0.3) is 0 Å². The van der Waals surface area contributed by atoms with Crippen molar-refractivity contribution in [3.63, 3.8) is 0 Å². The number of primary amides is 1. The fourth-order valence-corrected chi connectivity index (χ4v) is 2.29. The standard InChI is InChI=1S/C12H16N4O3/c1-15(9-4-5-14-7-9)10-3-2-8(12(13)17)6-11(10)16(18)19/h2-3,6,9,14H,4-5,7H2,1H3,(H2,13,17). The molecule has 1 unspecified atom stereocenters. The number of carbonyl (C=O) groups is 1. The Hall–Kier alpha value is -2.15. The molecule has 1 fully saturated rings. The molecule has 0 bridgehead atoms. The number of nitrogens with two attached hydrogens (primary N) is 1. The minimum absolute atomic E-state index is 0.0919. The second-order valence-electron chi connectivity index (χ2n) is 4.58. The van der Waals surface area contributed by atoms with Crippen LogP contribution in [0.4, 0.5) is 11.4 Å². The average molecular weight is 264 g/mol. The first-order valence-corrected chi connectivity index (χ1v) is 6.02. The third kappa shape index (κ3) is 2.65. The first-order valence-electron chi connectivity index (χ1n) is 6.02. The van der Waals surface area contributed by atoms with Crippen molar-refractivity contribution in [2.75, 3.05) is 25.0 Å². The van der Waals surface area contributed by atoms with Crippen LogP contribution in [0.5, 0.6) is 0 Å². The summed E-state index contributed by atoms with van der Waals surface area (Å²) in [7, 11) is 1.82. The van der Waals surface area contributed by atoms with Crippen LogP contribution in [0.15, 0.2) is 18.2 Å². The molecule has 0 aliphatic carbocycles. The summed E-state index contributed by atoms with van der Waals surface area (Å²) in [5.41, 5.74) is 5.70. The quantitative estimate of drug-likeness (QED) is 0.608. The lowest BCUT2D eigenvalue weighted by molar-refractivity contribution is -0.384. The minimum atomic E-state index is -0.667. The molecule has 1 aromatic carbocycles. The number of nitrogens with one attached hydrogen (secondary N) is 1. The van der Waals surface area contributed by atoms with Gasteiger partial charge in [-0.1, -0.05) is 0 Å². The van der Waals surface area contributed by atoms with Crippen molar-refractivity contribution in [3.8, 4) is 0 Å². The Bertz CT molecular complexity index is 512. The lowest BCUT2D eigenvalue weighted by atomic mass is 10.1. The zero-order valence-corrected chi connectivity index (χ0v) is 10.6. The first-order chi connectivity index (χ1) is 9.00. The molecule has 102 valence electrons. The van der Waals surface area contributed by atoms with E-state index in [1.807, 2.05) is 11.9 Å². The van der Waals surface area contributed by atoms with E-state index >= 15 is 0 Å². The molecule has 0 spiro atoms. The summed E-state index contributed by atoms with van der Waals surface area (Å²) in [6.45, 7) is 1.70. The van der Waals surface area contributed by atoms with Crippen molar-refractivity contribution in [1.29, 1.82) is 0 Å². The Morgan fingerprint density at radius 3 is 2.84 bits per heavy atom. The molecule has 1 amide bonds. The number of anilines is 1. The number of nitrogens with zero attached hydrogens (tertiary/aromatic N) is 2. The maximum absolute atomic E-state index is 11.1. The number of hydrogen-bond acceptors (Lipinski definition) is 5. The van der Waals surface area contributed by atoms with Gasteiger partial charge in [0.2, 0.25) is 5.91 Å². The maximum atomic E-state index is 11.1. The molecule has 1 aliphatic rings. The molecular formula is C12H16N4O3. The SMILES string of the molecule is CN(c1ccc(C(N)=O)cc1[N+](=O)[O-])C1CCNC1. The Labute approximate surface area is 110 Å². The van der Waals surface area contributed by atoms with E-state index in [1.54, 1.807) is 6.07 Å². The molecule has 0 saturated carbocycles. The van der Waals surface area contributed by atoms with Crippen LogP contribution in [-0.4, -0.2) is 37.0 Å². The molecule has 3 N–H and O–H groups in total. The molecule has 1 aliphatic heterocycles. The van der Waals surface area contributed by atoms with Crippen molar-refractivity contribution in [2.24, 2.45) is 5.73 Å². The van der Waals surface area contributed by atoms with Gasteiger partial charge in [-0.15, -0.1) is 0 Å². The average Bonchev–Trinajstić information content (AvgIpc) is 2.90. The zero-order valence-electron chi connectivity index (χ0n) is 10.6. The van der Waals surface area contributed by atoms with Gasteiger partial charge in [-0.25, -0.2) is 0 Å². The van der Waals surface area contributed by atoms with Crippen molar-refractivity contribution < 1.29 is 9.72 Å². The number of likely N-dealkylation sites (N-methyl/N-ethyl adjacent to an activating group) is 1. The van der Waals surface area contributed by atoms with Crippen molar-refractivity contribution >= 4 is 17.3 Å². The summed E-state index contributed by atoms with van der Waals surface area (Å²) >= 11 is 0. The Morgan fingerprint density at radius 1 is 1.58 bits per heavy atom. The van der Waals surface area contributed by atoms with Gasteiger partial charge in [0.25, 0.3) is 5.69 Å². The van der Waals surface area contributed by atoms with Gasteiger partial charge in [0.1, 0.15) is 5.69 Å². The van der Waals surface area contributed by atoms with Gasteiger partial charge in [0, 0.05) is 31.3 Å². The second-order valence-corrected chi connectivity index (χ2v) is 4.58. The molecule has 19 heavy (non-hydrogen) atoms. The molecule has 2 rings (SSSR count). The van der Waals surface area contributed by atoms with E-state index in [2.05, 4.69) is 5.32 Å². The summed E-state index contributed by atoms with van der Waals surface area (Å²) in [5.74, 6) is -0.667. The Balaban J connectivity index is 2.38. The number of nitro benzene ring substituents is 1. The summed E-state index contributed by atoms with van der Waals surface area (Å²) in [6, 6.07) is 4.55. The van der Waals surface area contributed by atoms with Crippen LogP contribution in [0.2, 0.25) is 0 Å². The third-order valence-corrected chi connectivity index (χ3v) is 3.42. The molecule has 1 atom stereocenters. The molecule has 1 heterocycles. The topological polar surface area (TPSA) is 102 Å². The number of amides is 1. The summed E-state index contributed by atoms with van der Waals surface area (Å²) < 4.78 is 0. The zero-order chi connectivity index (χ0) is 14.0. The normalized spacial score (nSPS) is 18.3. The predicted octanol–water partition coefficient (Wildman–Crippen LogP) is 0.492. The smallest absolute Gasteiger partial charge is 0.293 e. The molecule has 7 nitrogen and oxygen atoms in total. The van der Waals surface area contributed by atoms with E-state index < -0.39 is 10.8 Å². The highest BCUT2D eigenvalue weighted by molar-refractivity contribution is 5.94. The summed E-state index contributed by atoms with van der Waals surface area (Å²) in [5, 5.41) is 14.3. The molecule has 1 aromatic rings. The number of nitro groups is 1.